The third-order valence-corrected chi connectivity index (χ3v) is 5.02. The lowest BCUT2D eigenvalue weighted by Gasteiger charge is -2.14. The Morgan fingerprint density at radius 1 is 1.00 bits per heavy atom. The van der Waals surface area contributed by atoms with E-state index < -0.39 is 0 Å². The third kappa shape index (κ3) is 2.76. The molecule has 0 bridgehead atoms. The Labute approximate surface area is 162 Å². The number of benzene rings is 2. The highest BCUT2D eigenvalue weighted by Crippen LogP contribution is 2.38. The number of hydrogen-bond donors (Lipinski definition) is 3. The summed E-state index contributed by atoms with van der Waals surface area (Å²) in [6, 6.07) is 11.3. The smallest absolute Gasteiger partial charge is 0.229 e. The zero-order valence-electron chi connectivity index (χ0n) is 16.3. The van der Waals surface area contributed by atoms with Crippen LogP contribution < -0.4 is 5.32 Å². The van der Waals surface area contributed by atoms with Gasteiger partial charge in [-0.2, -0.15) is 0 Å². The summed E-state index contributed by atoms with van der Waals surface area (Å²) in [5.74, 6) is 1.18. The first-order valence-corrected chi connectivity index (χ1v) is 9.15. The molecule has 144 valence electrons. The summed E-state index contributed by atoms with van der Waals surface area (Å²) in [7, 11) is 3.79. The number of fused-ring (bicyclic) bond motifs is 1. The Kier molecular flexibility index (Phi) is 4.22. The van der Waals surface area contributed by atoms with Crippen molar-refractivity contribution in [1.29, 1.82) is 0 Å². The summed E-state index contributed by atoms with van der Waals surface area (Å²) in [5, 5.41) is 33.4. The fourth-order valence-corrected chi connectivity index (χ4v) is 3.51. The molecule has 0 aliphatic carbocycles. The van der Waals surface area contributed by atoms with Crippen molar-refractivity contribution >= 4 is 16.9 Å². The van der Waals surface area contributed by atoms with E-state index in [1.165, 1.54) is 6.07 Å². The lowest BCUT2D eigenvalue weighted by atomic mass is 9.98. The highest BCUT2D eigenvalue weighted by Gasteiger charge is 2.21. The van der Waals surface area contributed by atoms with Gasteiger partial charge in [0.25, 0.3) is 0 Å². The van der Waals surface area contributed by atoms with Crippen LogP contribution in [0.25, 0.3) is 28.0 Å². The summed E-state index contributed by atoms with van der Waals surface area (Å²) in [4.78, 5) is 0. The monoisotopic (exact) mass is 377 g/mol. The Balaban J connectivity index is 1.95. The Bertz CT molecular complexity index is 1170. The first kappa shape index (κ1) is 17.9. The molecule has 0 spiro atoms. The standard InChI is InChI=1S/C21H23N5O2/c1-12(2)15-10-16(19(28)11-18(15)27)20-23-24-21(22-3)26(20)14-5-6-17-13(9-14)7-8-25(17)4/h5-12,27-28H,1-4H3,(H,22,24). The van der Waals surface area contributed by atoms with Gasteiger partial charge in [-0.05, 0) is 41.8 Å². The van der Waals surface area contributed by atoms with Gasteiger partial charge in [-0.3, -0.25) is 4.57 Å². The van der Waals surface area contributed by atoms with E-state index in [0.717, 1.165) is 22.2 Å². The van der Waals surface area contributed by atoms with Gasteiger partial charge in [-0.15, -0.1) is 10.2 Å². The van der Waals surface area contributed by atoms with E-state index in [1.54, 1.807) is 13.1 Å². The van der Waals surface area contributed by atoms with Crippen LogP contribution >= 0.6 is 0 Å². The number of hydrogen-bond acceptors (Lipinski definition) is 5. The number of aromatic hydroxyl groups is 2. The molecule has 2 aromatic heterocycles. The van der Waals surface area contributed by atoms with Crippen LogP contribution in [-0.4, -0.2) is 36.6 Å². The highest BCUT2D eigenvalue weighted by atomic mass is 16.3. The number of phenols is 2. The average molecular weight is 377 g/mol. The summed E-state index contributed by atoms with van der Waals surface area (Å²) >= 11 is 0. The molecule has 0 fully saturated rings. The number of rotatable bonds is 4. The van der Waals surface area contributed by atoms with Crippen LogP contribution in [0.2, 0.25) is 0 Å². The summed E-state index contributed by atoms with van der Waals surface area (Å²) in [6.45, 7) is 3.98. The second kappa shape index (κ2) is 6.60. The number of aromatic nitrogens is 4. The van der Waals surface area contributed by atoms with Gasteiger partial charge in [-0.1, -0.05) is 13.8 Å². The predicted octanol–water partition coefficient (Wildman–Crippen LogP) is 4.00. The molecule has 4 aromatic rings. The van der Waals surface area contributed by atoms with Crippen molar-refractivity contribution in [3.63, 3.8) is 0 Å². The third-order valence-electron chi connectivity index (χ3n) is 5.02. The molecule has 4 rings (SSSR count). The molecule has 0 aliphatic rings. The van der Waals surface area contributed by atoms with Crippen LogP contribution in [0.1, 0.15) is 25.3 Å². The molecule has 2 aromatic carbocycles. The van der Waals surface area contributed by atoms with E-state index in [0.29, 0.717) is 17.3 Å². The van der Waals surface area contributed by atoms with Crippen molar-refractivity contribution in [3.8, 4) is 28.6 Å². The van der Waals surface area contributed by atoms with Crippen LogP contribution in [0.15, 0.2) is 42.6 Å². The molecule has 0 amide bonds. The van der Waals surface area contributed by atoms with Gasteiger partial charge in [0.15, 0.2) is 5.82 Å². The fraction of sp³-hybridized carbons (Fsp3) is 0.238. The molecule has 0 atom stereocenters. The van der Waals surface area contributed by atoms with Gasteiger partial charge >= 0.3 is 0 Å². The van der Waals surface area contributed by atoms with Crippen LogP contribution in [0, 0.1) is 0 Å². The largest absolute Gasteiger partial charge is 0.508 e. The van der Waals surface area contributed by atoms with E-state index in [9.17, 15) is 10.2 Å². The Hall–Kier alpha value is -3.48. The second-order valence-corrected chi connectivity index (χ2v) is 7.19. The van der Waals surface area contributed by atoms with Crippen LogP contribution in [0.4, 0.5) is 5.95 Å². The average Bonchev–Trinajstić information content (AvgIpc) is 3.25. The molecule has 2 heterocycles. The van der Waals surface area contributed by atoms with E-state index >= 15 is 0 Å². The molecule has 0 unspecified atom stereocenters. The Morgan fingerprint density at radius 2 is 1.79 bits per heavy atom. The van der Waals surface area contributed by atoms with Crippen molar-refractivity contribution in [2.24, 2.45) is 7.05 Å². The van der Waals surface area contributed by atoms with Crippen molar-refractivity contribution in [2.75, 3.05) is 12.4 Å². The first-order chi connectivity index (χ1) is 13.4. The molecule has 0 aliphatic heterocycles. The van der Waals surface area contributed by atoms with Crippen molar-refractivity contribution in [1.82, 2.24) is 19.3 Å². The predicted molar refractivity (Wildman–Crippen MR) is 110 cm³/mol. The maximum atomic E-state index is 10.5. The molecular weight excluding hydrogens is 354 g/mol. The number of aryl methyl sites for hydroxylation is 1. The van der Waals surface area contributed by atoms with Gasteiger partial charge in [0.05, 0.1) is 11.3 Å². The van der Waals surface area contributed by atoms with Gasteiger partial charge in [0.2, 0.25) is 5.95 Å². The summed E-state index contributed by atoms with van der Waals surface area (Å²) < 4.78 is 3.93. The lowest BCUT2D eigenvalue weighted by Crippen LogP contribution is -2.04. The minimum absolute atomic E-state index is 0.0426. The topological polar surface area (TPSA) is 88.1 Å². The van der Waals surface area contributed by atoms with Crippen LogP contribution in [0.5, 0.6) is 11.5 Å². The van der Waals surface area contributed by atoms with Gasteiger partial charge < -0.3 is 20.1 Å². The van der Waals surface area contributed by atoms with Gasteiger partial charge in [-0.25, -0.2) is 0 Å². The minimum Gasteiger partial charge on any atom is -0.508 e. The molecule has 0 saturated carbocycles. The van der Waals surface area contributed by atoms with E-state index in [-0.39, 0.29) is 17.4 Å². The maximum Gasteiger partial charge on any atom is 0.229 e. The molecule has 0 saturated heterocycles. The molecule has 28 heavy (non-hydrogen) atoms. The van der Waals surface area contributed by atoms with Crippen LogP contribution in [0.3, 0.4) is 0 Å². The summed E-state index contributed by atoms with van der Waals surface area (Å²) in [6.07, 6.45) is 2.02. The number of nitrogens with one attached hydrogen (secondary N) is 1. The normalized spacial score (nSPS) is 11.5. The minimum atomic E-state index is -0.0426. The maximum absolute atomic E-state index is 10.5. The SMILES string of the molecule is CNc1nnc(-c2cc(C(C)C)c(O)cc2O)n1-c1ccc2c(ccn2C)c1. The van der Waals surface area contributed by atoms with Crippen molar-refractivity contribution < 1.29 is 10.2 Å². The number of anilines is 1. The molecule has 3 N–H and O–H groups in total. The highest BCUT2D eigenvalue weighted by molar-refractivity contribution is 5.83. The number of phenolic OH excluding ortho intramolecular Hbond substituents is 2. The van der Waals surface area contributed by atoms with E-state index in [4.69, 9.17) is 0 Å². The van der Waals surface area contributed by atoms with Crippen LogP contribution in [-0.2, 0) is 7.05 Å². The second-order valence-electron chi connectivity index (χ2n) is 7.19. The zero-order valence-corrected chi connectivity index (χ0v) is 16.3. The molecular formula is C21H23N5O2. The van der Waals surface area contributed by atoms with Gasteiger partial charge in [0.1, 0.15) is 11.5 Å². The summed E-state index contributed by atoms with van der Waals surface area (Å²) in [5.41, 5.74) is 3.26. The van der Waals surface area contributed by atoms with Crippen molar-refractivity contribution in [3.05, 3.63) is 48.2 Å². The quantitative estimate of drug-likeness (QED) is 0.500. The Morgan fingerprint density at radius 3 is 2.50 bits per heavy atom. The van der Waals surface area contributed by atoms with E-state index in [1.807, 2.05) is 43.8 Å². The fourth-order valence-electron chi connectivity index (χ4n) is 3.51. The molecule has 0 radical (unpaired) electrons. The molecule has 7 nitrogen and oxygen atoms in total. The van der Waals surface area contributed by atoms with Gasteiger partial charge in [0, 0.05) is 37.3 Å². The lowest BCUT2D eigenvalue weighted by molar-refractivity contribution is 0.444. The number of nitrogens with zero attached hydrogens (tertiary/aromatic N) is 4. The molecule has 7 heteroatoms. The first-order valence-electron chi connectivity index (χ1n) is 9.15. The van der Waals surface area contributed by atoms with Crippen molar-refractivity contribution in [2.45, 2.75) is 19.8 Å². The van der Waals surface area contributed by atoms with E-state index in [2.05, 4.69) is 32.2 Å². The zero-order chi connectivity index (χ0) is 20.0.